The number of hydrogen-bond acceptors (Lipinski definition) is 4. The molecule has 1 heterocycles. The van der Waals surface area contributed by atoms with Crippen LogP contribution in [-0.2, 0) is 4.79 Å². The van der Waals surface area contributed by atoms with Crippen molar-refractivity contribution in [1.29, 1.82) is 0 Å². The second kappa shape index (κ2) is 9.30. The van der Waals surface area contributed by atoms with Crippen LogP contribution in [0.3, 0.4) is 0 Å². The average molecular weight is 420 g/mol. The zero-order chi connectivity index (χ0) is 21.6. The Morgan fingerprint density at radius 1 is 1.06 bits per heavy atom. The smallest absolute Gasteiger partial charge is 0.265 e. The van der Waals surface area contributed by atoms with Gasteiger partial charge < -0.3 is 19.7 Å². The molecule has 0 aliphatic carbocycles. The number of nitrogens with one attached hydrogen (secondary N) is 1. The van der Waals surface area contributed by atoms with Crippen molar-refractivity contribution in [1.82, 2.24) is 0 Å². The van der Waals surface area contributed by atoms with Gasteiger partial charge in [0.25, 0.3) is 11.8 Å². The SMILES string of the molecule is O=C(Nc1ccc2c(c1)N(CCCOc1ccccc1)C(=O)CO2)c1cccc(F)c1. The third-order valence-electron chi connectivity index (χ3n) is 4.78. The van der Waals surface area contributed by atoms with Gasteiger partial charge in [0.1, 0.15) is 17.3 Å². The first-order chi connectivity index (χ1) is 15.1. The molecule has 0 saturated carbocycles. The molecule has 1 N–H and O–H groups in total. The predicted molar refractivity (Wildman–Crippen MR) is 115 cm³/mol. The number of para-hydroxylation sites is 1. The van der Waals surface area contributed by atoms with Gasteiger partial charge >= 0.3 is 0 Å². The first-order valence-electron chi connectivity index (χ1n) is 9.92. The Balaban J connectivity index is 1.43. The van der Waals surface area contributed by atoms with Crippen LogP contribution in [0.25, 0.3) is 0 Å². The van der Waals surface area contributed by atoms with Crippen molar-refractivity contribution in [3.05, 3.63) is 84.2 Å². The van der Waals surface area contributed by atoms with Crippen LogP contribution < -0.4 is 19.7 Å². The standard InChI is InChI=1S/C24H21FN2O4/c25-18-7-4-6-17(14-18)24(29)26-19-10-11-22-21(15-19)27(23(28)16-31-22)12-5-13-30-20-8-2-1-3-9-20/h1-4,6-11,14-15H,5,12-13,16H2,(H,26,29). The minimum Gasteiger partial charge on any atom is -0.494 e. The normalized spacial score (nSPS) is 12.7. The molecule has 31 heavy (non-hydrogen) atoms. The summed E-state index contributed by atoms with van der Waals surface area (Å²) >= 11 is 0. The summed E-state index contributed by atoms with van der Waals surface area (Å²) in [5.41, 5.74) is 1.27. The molecule has 158 valence electrons. The van der Waals surface area contributed by atoms with Crippen molar-refractivity contribution in [3.63, 3.8) is 0 Å². The minimum atomic E-state index is -0.485. The monoisotopic (exact) mass is 420 g/mol. The Morgan fingerprint density at radius 3 is 2.71 bits per heavy atom. The number of benzene rings is 3. The van der Waals surface area contributed by atoms with Gasteiger partial charge in [-0.05, 0) is 55.0 Å². The minimum absolute atomic E-state index is 0.0401. The maximum atomic E-state index is 13.4. The first-order valence-corrected chi connectivity index (χ1v) is 9.92. The van der Waals surface area contributed by atoms with Gasteiger partial charge in [-0.1, -0.05) is 24.3 Å². The number of anilines is 2. The third kappa shape index (κ3) is 5.01. The second-order valence-electron chi connectivity index (χ2n) is 7.00. The molecule has 6 nitrogen and oxygen atoms in total. The molecule has 0 fully saturated rings. The molecule has 4 rings (SSSR count). The molecule has 0 bridgehead atoms. The molecule has 2 amide bonds. The van der Waals surface area contributed by atoms with Gasteiger partial charge in [-0.15, -0.1) is 0 Å². The quantitative estimate of drug-likeness (QED) is 0.580. The summed E-state index contributed by atoms with van der Waals surface area (Å²) in [6, 6.07) is 20.0. The molecule has 0 aromatic heterocycles. The summed E-state index contributed by atoms with van der Waals surface area (Å²) in [5.74, 6) is 0.248. The van der Waals surface area contributed by atoms with Gasteiger partial charge in [0.15, 0.2) is 6.61 Å². The van der Waals surface area contributed by atoms with E-state index >= 15 is 0 Å². The van der Waals surface area contributed by atoms with E-state index in [0.29, 0.717) is 36.7 Å². The van der Waals surface area contributed by atoms with E-state index in [0.717, 1.165) is 5.75 Å². The molecule has 1 aliphatic rings. The predicted octanol–water partition coefficient (Wildman–Crippen LogP) is 4.27. The number of rotatable bonds is 7. The Kier molecular flexibility index (Phi) is 6.12. The molecule has 0 radical (unpaired) electrons. The van der Waals surface area contributed by atoms with Gasteiger partial charge in [0, 0.05) is 17.8 Å². The van der Waals surface area contributed by atoms with Crippen molar-refractivity contribution in [2.75, 3.05) is 30.0 Å². The highest BCUT2D eigenvalue weighted by molar-refractivity contribution is 6.05. The summed E-state index contributed by atoms with van der Waals surface area (Å²) < 4.78 is 24.6. The van der Waals surface area contributed by atoms with Crippen molar-refractivity contribution >= 4 is 23.2 Å². The highest BCUT2D eigenvalue weighted by atomic mass is 19.1. The fourth-order valence-corrected chi connectivity index (χ4v) is 3.29. The zero-order valence-electron chi connectivity index (χ0n) is 16.7. The number of ether oxygens (including phenoxy) is 2. The van der Waals surface area contributed by atoms with E-state index in [-0.39, 0.29) is 18.1 Å². The topological polar surface area (TPSA) is 67.9 Å². The fraction of sp³-hybridized carbons (Fsp3) is 0.167. The van der Waals surface area contributed by atoms with E-state index in [1.54, 1.807) is 23.1 Å². The molecule has 0 unspecified atom stereocenters. The molecular weight excluding hydrogens is 399 g/mol. The fourth-order valence-electron chi connectivity index (χ4n) is 3.29. The summed E-state index contributed by atoms with van der Waals surface area (Å²) in [4.78, 5) is 26.5. The lowest BCUT2D eigenvalue weighted by molar-refractivity contribution is -0.121. The van der Waals surface area contributed by atoms with Crippen LogP contribution in [0.15, 0.2) is 72.8 Å². The van der Waals surface area contributed by atoms with Gasteiger partial charge in [0.2, 0.25) is 0 Å². The molecular formula is C24H21FN2O4. The van der Waals surface area contributed by atoms with Gasteiger partial charge in [-0.25, -0.2) is 4.39 Å². The highest BCUT2D eigenvalue weighted by Crippen LogP contribution is 2.34. The summed E-state index contributed by atoms with van der Waals surface area (Å²) in [7, 11) is 0. The molecule has 0 spiro atoms. The van der Waals surface area contributed by atoms with Crippen molar-refractivity contribution < 1.29 is 23.5 Å². The Hall–Kier alpha value is -3.87. The Labute approximate surface area is 179 Å². The summed E-state index contributed by atoms with van der Waals surface area (Å²) in [5, 5.41) is 2.74. The van der Waals surface area contributed by atoms with Crippen LogP contribution in [0.2, 0.25) is 0 Å². The molecule has 7 heteroatoms. The lowest BCUT2D eigenvalue weighted by Crippen LogP contribution is -2.39. The van der Waals surface area contributed by atoms with Crippen LogP contribution in [0.5, 0.6) is 11.5 Å². The van der Waals surface area contributed by atoms with E-state index in [2.05, 4.69) is 5.32 Å². The van der Waals surface area contributed by atoms with Crippen LogP contribution in [0.1, 0.15) is 16.8 Å². The first kappa shape index (κ1) is 20.4. The zero-order valence-corrected chi connectivity index (χ0v) is 16.7. The molecule has 0 atom stereocenters. The lowest BCUT2D eigenvalue weighted by Gasteiger charge is -2.30. The highest BCUT2D eigenvalue weighted by Gasteiger charge is 2.25. The summed E-state index contributed by atoms with van der Waals surface area (Å²) in [6.45, 7) is 0.866. The number of nitrogens with zero attached hydrogens (tertiary/aromatic N) is 1. The number of amides is 2. The van der Waals surface area contributed by atoms with Gasteiger partial charge in [0.05, 0.1) is 12.3 Å². The van der Waals surface area contributed by atoms with Crippen molar-refractivity contribution in [2.24, 2.45) is 0 Å². The summed E-state index contributed by atoms with van der Waals surface area (Å²) in [6.07, 6.45) is 0.625. The molecule has 1 aliphatic heterocycles. The van der Waals surface area contributed by atoms with Gasteiger partial charge in [-0.3, -0.25) is 9.59 Å². The molecule has 3 aromatic rings. The number of hydrogen-bond donors (Lipinski definition) is 1. The van der Waals surface area contributed by atoms with E-state index in [1.807, 2.05) is 30.3 Å². The number of halogens is 1. The van der Waals surface area contributed by atoms with Crippen molar-refractivity contribution in [2.45, 2.75) is 6.42 Å². The maximum Gasteiger partial charge on any atom is 0.265 e. The third-order valence-corrected chi connectivity index (χ3v) is 4.78. The van der Waals surface area contributed by atoms with E-state index in [9.17, 15) is 14.0 Å². The van der Waals surface area contributed by atoms with E-state index < -0.39 is 11.7 Å². The molecule has 0 saturated heterocycles. The average Bonchev–Trinajstić information content (AvgIpc) is 2.78. The number of carbonyl (C=O) groups excluding carboxylic acids is 2. The largest absolute Gasteiger partial charge is 0.494 e. The van der Waals surface area contributed by atoms with Crippen molar-refractivity contribution in [3.8, 4) is 11.5 Å². The number of fused-ring (bicyclic) bond motifs is 1. The van der Waals surface area contributed by atoms with E-state index in [1.165, 1.54) is 24.3 Å². The maximum absolute atomic E-state index is 13.4. The van der Waals surface area contributed by atoms with Crippen LogP contribution in [-0.4, -0.2) is 31.6 Å². The van der Waals surface area contributed by atoms with Gasteiger partial charge in [-0.2, -0.15) is 0 Å². The van der Waals surface area contributed by atoms with Crippen LogP contribution in [0.4, 0.5) is 15.8 Å². The molecule has 3 aromatic carbocycles. The Bertz CT molecular complexity index is 1090. The van der Waals surface area contributed by atoms with Crippen LogP contribution >= 0.6 is 0 Å². The van der Waals surface area contributed by atoms with Crippen LogP contribution in [0, 0.1) is 5.82 Å². The number of carbonyl (C=O) groups is 2. The van der Waals surface area contributed by atoms with E-state index in [4.69, 9.17) is 9.47 Å². The Morgan fingerprint density at radius 2 is 1.90 bits per heavy atom. The lowest BCUT2D eigenvalue weighted by atomic mass is 10.1. The second-order valence-corrected chi connectivity index (χ2v) is 7.00.